The predicted octanol–water partition coefficient (Wildman–Crippen LogP) is 4.29. The first-order valence-corrected chi connectivity index (χ1v) is 9.35. The lowest BCUT2D eigenvalue weighted by Crippen LogP contribution is -2.40. The van der Waals surface area contributed by atoms with Gasteiger partial charge in [0.05, 0.1) is 0 Å². The molecule has 2 unspecified atom stereocenters. The summed E-state index contributed by atoms with van der Waals surface area (Å²) >= 11 is 0. The van der Waals surface area contributed by atoms with Crippen molar-refractivity contribution in [2.75, 3.05) is 6.54 Å². The summed E-state index contributed by atoms with van der Waals surface area (Å²) in [5.74, 6) is -0.653. The number of likely N-dealkylation sites (tertiary alicyclic amines) is 1. The van der Waals surface area contributed by atoms with Gasteiger partial charge in [0.25, 0.3) is 0 Å². The molecule has 0 radical (unpaired) electrons. The van der Waals surface area contributed by atoms with Gasteiger partial charge in [-0.25, -0.2) is 9.59 Å². The van der Waals surface area contributed by atoms with E-state index in [1.807, 2.05) is 48.5 Å². The Kier molecular flexibility index (Phi) is 6.12. The third-order valence-electron chi connectivity index (χ3n) is 5.29. The minimum Gasteiger partial charge on any atom is -0.480 e. The van der Waals surface area contributed by atoms with Crippen LogP contribution in [0.3, 0.4) is 0 Å². The molecule has 1 aliphatic heterocycles. The Morgan fingerprint density at radius 1 is 1.11 bits per heavy atom. The molecule has 0 spiro atoms. The van der Waals surface area contributed by atoms with Gasteiger partial charge in [-0.3, -0.25) is 4.90 Å². The van der Waals surface area contributed by atoms with Crippen LogP contribution in [0.5, 0.6) is 0 Å². The van der Waals surface area contributed by atoms with E-state index < -0.39 is 18.1 Å². The summed E-state index contributed by atoms with van der Waals surface area (Å²) < 4.78 is 5.38. The maximum Gasteiger partial charge on any atom is 0.410 e. The average Bonchev–Trinajstić information content (AvgIpc) is 3.14. The number of nitrogens with zero attached hydrogens (tertiary/aromatic N) is 1. The van der Waals surface area contributed by atoms with Crippen LogP contribution in [0, 0.1) is 5.92 Å². The molecule has 1 saturated heterocycles. The van der Waals surface area contributed by atoms with Crippen molar-refractivity contribution in [3.63, 3.8) is 0 Å². The van der Waals surface area contributed by atoms with Crippen LogP contribution in [-0.4, -0.2) is 34.7 Å². The molecule has 1 aliphatic rings. The summed E-state index contributed by atoms with van der Waals surface area (Å²) in [6.45, 7) is 2.64. The van der Waals surface area contributed by atoms with Gasteiger partial charge in [0, 0.05) is 6.54 Å². The van der Waals surface area contributed by atoms with Gasteiger partial charge in [-0.05, 0) is 35.8 Å². The summed E-state index contributed by atoms with van der Waals surface area (Å²) in [5.41, 5.74) is 2.07. The number of ether oxygens (including phenoxy) is 1. The minimum atomic E-state index is -0.975. The number of amides is 1. The van der Waals surface area contributed by atoms with Gasteiger partial charge in [-0.15, -0.1) is 0 Å². The van der Waals surface area contributed by atoms with Gasteiger partial charge in [0.15, 0.2) is 0 Å². The second-order valence-electron chi connectivity index (χ2n) is 6.97. The lowest BCUT2D eigenvalue weighted by atomic mass is 9.83. The van der Waals surface area contributed by atoms with Gasteiger partial charge in [0.1, 0.15) is 12.6 Å². The Morgan fingerprint density at radius 3 is 2.33 bits per heavy atom. The molecular formula is C22H25NO4. The molecule has 0 aromatic heterocycles. The molecule has 27 heavy (non-hydrogen) atoms. The Balaban J connectivity index is 1.70. The molecule has 3 rings (SSSR count). The molecule has 0 saturated carbocycles. The van der Waals surface area contributed by atoms with Crippen LogP contribution in [0.1, 0.15) is 36.8 Å². The lowest BCUT2D eigenvalue weighted by molar-refractivity contribution is -0.141. The highest BCUT2D eigenvalue weighted by molar-refractivity contribution is 5.80. The van der Waals surface area contributed by atoms with E-state index in [9.17, 15) is 14.7 Å². The van der Waals surface area contributed by atoms with Gasteiger partial charge >= 0.3 is 12.1 Å². The van der Waals surface area contributed by atoms with E-state index in [0.717, 1.165) is 12.0 Å². The smallest absolute Gasteiger partial charge is 0.410 e. The highest BCUT2D eigenvalue weighted by atomic mass is 16.6. The Bertz CT molecular complexity index is 762. The van der Waals surface area contributed by atoms with E-state index >= 15 is 0 Å². The van der Waals surface area contributed by atoms with Crippen molar-refractivity contribution in [2.45, 2.75) is 38.3 Å². The molecule has 2 aromatic carbocycles. The number of hydrogen-bond donors (Lipinski definition) is 1. The first-order valence-electron chi connectivity index (χ1n) is 9.35. The first-order chi connectivity index (χ1) is 13.1. The molecule has 142 valence electrons. The van der Waals surface area contributed by atoms with Crippen molar-refractivity contribution in [3.05, 3.63) is 71.8 Å². The standard InChI is InChI=1S/C22H25NO4/c1-2-19(17-11-7-4-8-12-17)18-13-20(21(24)25)23(14-18)22(26)27-15-16-9-5-3-6-10-16/h3-12,18-20H,2,13-15H2,1H3,(H,24,25)/t18?,19?,20-/m0/s1. The van der Waals surface area contributed by atoms with E-state index in [-0.39, 0.29) is 18.4 Å². The predicted molar refractivity (Wildman–Crippen MR) is 102 cm³/mol. The monoisotopic (exact) mass is 367 g/mol. The van der Waals surface area contributed by atoms with Crippen LogP contribution < -0.4 is 0 Å². The van der Waals surface area contributed by atoms with Gasteiger partial charge in [0.2, 0.25) is 0 Å². The molecule has 0 bridgehead atoms. The summed E-state index contributed by atoms with van der Waals surface area (Å²) in [5, 5.41) is 9.61. The lowest BCUT2D eigenvalue weighted by Gasteiger charge is -2.23. The zero-order chi connectivity index (χ0) is 19.2. The van der Waals surface area contributed by atoms with Gasteiger partial charge < -0.3 is 9.84 Å². The maximum absolute atomic E-state index is 12.6. The minimum absolute atomic E-state index is 0.0998. The third-order valence-corrected chi connectivity index (χ3v) is 5.29. The molecule has 5 nitrogen and oxygen atoms in total. The zero-order valence-corrected chi connectivity index (χ0v) is 15.5. The van der Waals surface area contributed by atoms with Crippen LogP contribution in [0.4, 0.5) is 4.79 Å². The quantitative estimate of drug-likeness (QED) is 0.827. The molecule has 1 heterocycles. The molecule has 1 N–H and O–H groups in total. The SMILES string of the molecule is CCC(c1ccccc1)C1C[C@@H](C(=O)O)N(C(=O)OCc2ccccc2)C1. The molecule has 1 fully saturated rings. The van der Waals surface area contributed by atoms with E-state index in [1.165, 1.54) is 10.5 Å². The Hall–Kier alpha value is -2.82. The highest BCUT2D eigenvalue weighted by Crippen LogP contribution is 2.37. The fourth-order valence-electron chi connectivity index (χ4n) is 3.94. The van der Waals surface area contributed by atoms with Crippen molar-refractivity contribution in [2.24, 2.45) is 5.92 Å². The van der Waals surface area contributed by atoms with E-state index in [1.54, 1.807) is 0 Å². The second kappa shape index (κ2) is 8.71. The normalized spacial score (nSPS) is 20.3. The number of rotatable bonds is 6. The topological polar surface area (TPSA) is 66.8 Å². The number of carboxylic acid groups (broad SMARTS) is 1. The van der Waals surface area contributed by atoms with Crippen molar-refractivity contribution >= 4 is 12.1 Å². The molecule has 5 heteroatoms. The van der Waals surface area contributed by atoms with Crippen molar-refractivity contribution in [1.82, 2.24) is 4.90 Å². The molecule has 2 aromatic rings. The summed E-state index contributed by atoms with van der Waals surface area (Å²) in [7, 11) is 0. The van der Waals surface area contributed by atoms with Crippen molar-refractivity contribution in [1.29, 1.82) is 0 Å². The number of hydrogen-bond acceptors (Lipinski definition) is 3. The number of carbonyl (C=O) groups excluding carboxylic acids is 1. The van der Waals surface area contributed by atoms with Crippen LogP contribution in [0.15, 0.2) is 60.7 Å². The molecule has 0 aliphatic carbocycles. The number of aliphatic carboxylic acids is 1. The molecule has 1 amide bonds. The summed E-state index contributed by atoms with van der Waals surface area (Å²) in [6.07, 6.45) is 0.786. The summed E-state index contributed by atoms with van der Waals surface area (Å²) in [6, 6.07) is 18.7. The largest absolute Gasteiger partial charge is 0.480 e. The number of benzene rings is 2. The van der Waals surface area contributed by atoms with E-state index in [2.05, 4.69) is 19.1 Å². The fourth-order valence-corrected chi connectivity index (χ4v) is 3.94. The first kappa shape index (κ1) is 19.0. The van der Waals surface area contributed by atoms with Crippen LogP contribution in [0.25, 0.3) is 0 Å². The van der Waals surface area contributed by atoms with E-state index in [0.29, 0.717) is 13.0 Å². The molecule has 3 atom stereocenters. The van der Waals surface area contributed by atoms with Crippen molar-refractivity contribution < 1.29 is 19.4 Å². The van der Waals surface area contributed by atoms with E-state index in [4.69, 9.17) is 4.74 Å². The zero-order valence-electron chi connectivity index (χ0n) is 15.5. The van der Waals surface area contributed by atoms with Gasteiger partial charge in [-0.1, -0.05) is 67.6 Å². The number of carboxylic acids is 1. The van der Waals surface area contributed by atoms with Crippen LogP contribution >= 0.6 is 0 Å². The van der Waals surface area contributed by atoms with Gasteiger partial charge in [-0.2, -0.15) is 0 Å². The van der Waals surface area contributed by atoms with Crippen LogP contribution in [0.2, 0.25) is 0 Å². The second-order valence-corrected chi connectivity index (χ2v) is 6.97. The fraction of sp³-hybridized carbons (Fsp3) is 0.364. The van der Waals surface area contributed by atoms with Crippen molar-refractivity contribution in [3.8, 4) is 0 Å². The maximum atomic E-state index is 12.6. The average molecular weight is 367 g/mol. The Labute approximate surface area is 159 Å². The highest BCUT2D eigenvalue weighted by Gasteiger charge is 2.43. The Morgan fingerprint density at radius 2 is 1.74 bits per heavy atom. The molecular weight excluding hydrogens is 342 g/mol. The third kappa shape index (κ3) is 4.48. The summed E-state index contributed by atoms with van der Waals surface area (Å²) in [4.78, 5) is 25.7. The number of carbonyl (C=O) groups is 2. The van der Waals surface area contributed by atoms with Crippen LogP contribution in [-0.2, 0) is 16.1 Å².